The molecule has 5 heteroatoms. The van der Waals surface area contributed by atoms with Crippen LogP contribution in [0.5, 0.6) is 0 Å². The topological polar surface area (TPSA) is 72.2 Å². The fraction of sp³-hybridized carbons (Fsp3) is 0.100. The summed E-state index contributed by atoms with van der Waals surface area (Å²) in [5.74, 6) is -1.57. The number of primary amides is 1. The minimum atomic E-state index is -0.990. The Morgan fingerprint density at radius 3 is 2.36 bits per heavy atom. The van der Waals surface area contributed by atoms with Gasteiger partial charge in [0.2, 0.25) is 5.91 Å². The molecule has 2 amide bonds. The zero-order valence-corrected chi connectivity index (χ0v) is 13.4. The number of hydrogen-bond acceptors (Lipinski definition) is 2. The van der Waals surface area contributed by atoms with E-state index in [0.29, 0.717) is 11.1 Å². The number of nitrogens with one attached hydrogen (secondary N) is 1. The Labute approximate surface area is 144 Å². The first-order chi connectivity index (χ1) is 12.0. The van der Waals surface area contributed by atoms with Crippen LogP contribution >= 0.6 is 0 Å². The van der Waals surface area contributed by atoms with Gasteiger partial charge in [0.1, 0.15) is 11.9 Å². The van der Waals surface area contributed by atoms with Crippen LogP contribution in [0.1, 0.15) is 15.9 Å². The van der Waals surface area contributed by atoms with Gasteiger partial charge in [0.05, 0.1) is 0 Å². The van der Waals surface area contributed by atoms with Gasteiger partial charge in [-0.3, -0.25) is 9.59 Å². The van der Waals surface area contributed by atoms with Crippen LogP contribution in [0.4, 0.5) is 4.39 Å². The van der Waals surface area contributed by atoms with E-state index in [1.807, 2.05) is 30.3 Å². The normalized spacial score (nSPS) is 11.9. The molecule has 0 saturated carbocycles. The minimum Gasteiger partial charge on any atom is -0.368 e. The number of nitrogens with two attached hydrogens (primary N) is 1. The molecular weight excluding hydrogens is 319 g/mol. The first-order valence-electron chi connectivity index (χ1n) is 7.87. The summed E-state index contributed by atoms with van der Waals surface area (Å²) in [7, 11) is 0. The predicted molar refractivity (Wildman–Crippen MR) is 94.5 cm³/mol. The van der Waals surface area contributed by atoms with E-state index < -0.39 is 23.7 Å². The Bertz CT molecular complexity index is 940. The lowest BCUT2D eigenvalue weighted by atomic mass is 10.0. The molecule has 0 aliphatic rings. The lowest BCUT2D eigenvalue weighted by Gasteiger charge is -2.16. The highest BCUT2D eigenvalue weighted by molar-refractivity contribution is 6.00. The third-order valence-electron chi connectivity index (χ3n) is 4.04. The van der Waals surface area contributed by atoms with E-state index in [9.17, 15) is 14.0 Å². The monoisotopic (exact) mass is 336 g/mol. The van der Waals surface area contributed by atoms with Gasteiger partial charge >= 0.3 is 0 Å². The molecule has 0 radical (unpaired) electrons. The standard InChI is InChI=1S/C20H17FN2O2/c21-17-8-4-3-7-15(17)12-18(19(22)24)23-20(25)16-10-9-13-5-1-2-6-14(13)11-16/h1-11,18H,12H2,(H2,22,24)(H,23,25)/t18-/m1/s1. The molecule has 3 aromatic rings. The molecule has 126 valence electrons. The Morgan fingerprint density at radius 1 is 0.960 bits per heavy atom. The third-order valence-corrected chi connectivity index (χ3v) is 4.04. The van der Waals surface area contributed by atoms with Crippen LogP contribution in [-0.4, -0.2) is 17.9 Å². The molecule has 0 fully saturated rings. The van der Waals surface area contributed by atoms with Gasteiger partial charge < -0.3 is 11.1 Å². The van der Waals surface area contributed by atoms with Crippen LogP contribution in [0.15, 0.2) is 66.7 Å². The maximum atomic E-state index is 13.8. The second-order valence-corrected chi connectivity index (χ2v) is 5.79. The Kier molecular flexibility index (Phi) is 4.75. The smallest absolute Gasteiger partial charge is 0.251 e. The number of benzene rings is 3. The molecular formula is C20H17FN2O2. The number of carbonyl (C=O) groups is 2. The molecule has 3 rings (SSSR count). The van der Waals surface area contributed by atoms with E-state index in [4.69, 9.17) is 5.73 Å². The molecule has 3 N–H and O–H groups in total. The molecule has 0 saturated heterocycles. The lowest BCUT2D eigenvalue weighted by molar-refractivity contribution is -0.119. The van der Waals surface area contributed by atoms with E-state index in [2.05, 4.69) is 5.32 Å². The molecule has 0 heterocycles. The van der Waals surface area contributed by atoms with E-state index in [-0.39, 0.29) is 6.42 Å². The summed E-state index contributed by atoms with van der Waals surface area (Å²) in [6.45, 7) is 0. The van der Waals surface area contributed by atoms with Crippen molar-refractivity contribution in [3.05, 3.63) is 83.7 Å². The van der Waals surface area contributed by atoms with Crippen LogP contribution in [0, 0.1) is 5.82 Å². The summed E-state index contributed by atoms with van der Waals surface area (Å²) in [6, 6.07) is 18.0. The molecule has 0 aliphatic heterocycles. The van der Waals surface area contributed by atoms with E-state index in [0.717, 1.165) is 10.8 Å². The van der Waals surface area contributed by atoms with Crippen LogP contribution in [0.2, 0.25) is 0 Å². The summed E-state index contributed by atoms with van der Waals surface area (Å²) in [4.78, 5) is 24.1. The van der Waals surface area contributed by atoms with E-state index in [1.54, 1.807) is 30.3 Å². The van der Waals surface area contributed by atoms with Crippen LogP contribution in [0.25, 0.3) is 10.8 Å². The molecule has 25 heavy (non-hydrogen) atoms. The first-order valence-corrected chi connectivity index (χ1v) is 7.87. The van der Waals surface area contributed by atoms with Gasteiger partial charge in [0.15, 0.2) is 0 Å². The molecule has 0 spiro atoms. The molecule has 0 unspecified atom stereocenters. The maximum absolute atomic E-state index is 13.8. The Morgan fingerprint density at radius 2 is 1.64 bits per heavy atom. The molecule has 0 bridgehead atoms. The van der Waals surface area contributed by atoms with Crippen molar-refractivity contribution >= 4 is 22.6 Å². The summed E-state index contributed by atoms with van der Waals surface area (Å²) in [5, 5.41) is 4.52. The highest BCUT2D eigenvalue weighted by Crippen LogP contribution is 2.16. The summed E-state index contributed by atoms with van der Waals surface area (Å²) < 4.78 is 13.8. The molecule has 4 nitrogen and oxygen atoms in total. The number of halogens is 1. The summed E-state index contributed by atoms with van der Waals surface area (Å²) in [6.07, 6.45) is 0.00132. The SMILES string of the molecule is NC(=O)[C@@H](Cc1ccccc1F)NC(=O)c1ccc2ccccc2c1. The van der Waals surface area contributed by atoms with Gasteiger partial charge in [-0.25, -0.2) is 4.39 Å². The fourth-order valence-electron chi connectivity index (χ4n) is 2.68. The number of rotatable bonds is 5. The molecule has 1 atom stereocenters. The number of fused-ring (bicyclic) bond motifs is 1. The second-order valence-electron chi connectivity index (χ2n) is 5.79. The van der Waals surface area contributed by atoms with Crippen molar-refractivity contribution in [1.29, 1.82) is 0 Å². The van der Waals surface area contributed by atoms with Crippen LogP contribution in [-0.2, 0) is 11.2 Å². The van der Waals surface area contributed by atoms with E-state index >= 15 is 0 Å². The van der Waals surface area contributed by atoms with Crippen molar-refractivity contribution in [1.82, 2.24) is 5.32 Å². The quantitative estimate of drug-likeness (QED) is 0.752. The second kappa shape index (κ2) is 7.13. The lowest BCUT2D eigenvalue weighted by Crippen LogP contribution is -2.46. The van der Waals surface area contributed by atoms with Crippen LogP contribution < -0.4 is 11.1 Å². The van der Waals surface area contributed by atoms with Crippen LogP contribution in [0.3, 0.4) is 0 Å². The third kappa shape index (κ3) is 3.83. The highest BCUT2D eigenvalue weighted by Gasteiger charge is 2.21. The van der Waals surface area contributed by atoms with Crippen molar-refractivity contribution in [2.24, 2.45) is 5.73 Å². The van der Waals surface area contributed by atoms with Gasteiger partial charge in [0, 0.05) is 12.0 Å². The van der Waals surface area contributed by atoms with Crippen molar-refractivity contribution in [3.8, 4) is 0 Å². The highest BCUT2D eigenvalue weighted by atomic mass is 19.1. The molecule has 3 aromatic carbocycles. The maximum Gasteiger partial charge on any atom is 0.251 e. The summed E-state index contributed by atoms with van der Waals surface area (Å²) in [5.41, 5.74) is 6.11. The molecule has 0 aliphatic carbocycles. The van der Waals surface area contributed by atoms with E-state index in [1.165, 1.54) is 6.07 Å². The van der Waals surface area contributed by atoms with Crippen molar-refractivity contribution in [2.75, 3.05) is 0 Å². The van der Waals surface area contributed by atoms with Gasteiger partial charge in [-0.1, -0.05) is 48.5 Å². The van der Waals surface area contributed by atoms with Gasteiger partial charge in [-0.2, -0.15) is 0 Å². The number of carbonyl (C=O) groups excluding carboxylic acids is 2. The average Bonchev–Trinajstić information content (AvgIpc) is 2.62. The van der Waals surface area contributed by atoms with Gasteiger partial charge in [0.25, 0.3) is 5.91 Å². The molecule has 0 aromatic heterocycles. The zero-order valence-electron chi connectivity index (χ0n) is 13.4. The zero-order chi connectivity index (χ0) is 17.8. The van der Waals surface area contributed by atoms with Crippen molar-refractivity contribution < 1.29 is 14.0 Å². The minimum absolute atomic E-state index is 0.00132. The Hall–Kier alpha value is -3.21. The van der Waals surface area contributed by atoms with Crippen molar-refractivity contribution in [3.63, 3.8) is 0 Å². The number of amides is 2. The largest absolute Gasteiger partial charge is 0.368 e. The first kappa shape index (κ1) is 16.6. The van der Waals surface area contributed by atoms with Gasteiger partial charge in [-0.15, -0.1) is 0 Å². The average molecular weight is 336 g/mol. The fourth-order valence-corrected chi connectivity index (χ4v) is 2.68. The van der Waals surface area contributed by atoms with Gasteiger partial charge in [-0.05, 0) is 34.5 Å². The predicted octanol–water partition coefficient (Wildman–Crippen LogP) is 2.81. The number of hydrogen-bond donors (Lipinski definition) is 2. The van der Waals surface area contributed by atoms with Crippen molar-refractivity contribution in [2.45, 2.75) is 12.5 Å². The summed E-state index contributed by atoms with van der Waals surface area (Å²) >= 11 is 0. The Balaban J connectivity index is 1.80.